The molecule has 0 aliphatic carbocycles. The highest BCUT2D eigenvalue weighted by Gasteiger charge is 2.30. The molecule has 2 N–H and O–H groups in total. The van der Waals surface area contributed by atoms with E-state index in [2.05, 4.69) is 20.4 Å². The molecule has 2 aromatic heterocycles. The summed E-state index contributed by atoms with van der Waals surface area (Å²) in [6.07, 6.45) is -0.281. The van der Waals surface area contributed by atoms with Crippen LogP contribution in [0.2, 0.25) is 0 Å². The van der Waals surface area contributed by atoms with E-state index in [-0.39, 0.29) is 29.5 Å². The number of morpholine rings is 1. The van der Waals surface area contributed by atoms with Crippen molar-refractivity contribution in [1.82, 2.24) is 24.6 Å². The zero-order valence-electron chi connectivity index (χ0n) is 16.6. The van der Waals surface area contributed by atoms with E-state index in [1.165, 1.54) is 9.58 Å². The van der Waals surface area contributed by atoms with Crippen molar-refractivity contribution >= 4 is 17.6 Å². The number of nitrogens with one attached hydrogen (secondary N) is 2. The summed E-state index contributed by atoms with van der Waals surface area (Å²) in [6.45, 7) is 9.53. The molecule has 0 saturated carbocycles. The van der Waals surface area contributed by atoms with E-state index in [9.17, 15) is 14.4 Å². The van der Waals surface area contributed by atoms with E-state index in [1.54, 1.807) is 26.8 Å². The fraction of sp³-hybridized carbons (Fsp3) is 0.500. The number of rotatable bonds is 2. The molecule has 0 aromatic carbocycles. The van der Waals surface area contributed by atoms with E-state index in [4.69, 9.17) is 4.74 Å². The van der Waals surface area contributed by atoms with Gasteiger partial charge in [-0.1, -0.05) is 0 Å². The highest BCUT2D eigenvalue weighted by atomic mass is 16.5. The number of carbonyl (C=O) groups excluding carboxylic acids is 2. The van der Waals surface area contributed by atoms with Crippen molar-refractivity contribution in [2.24, 2.45) is 0 Å². The van der Waals surface area contributed by atoms with Crippen LogP contribution >= 0.6 is 0 Å². The van der Waals surface area contributed by atoms with Gasteiger partial charge < -0.3 is 15.0 Å². The van der Waals surface area contributed by atoms with Crippen LogP contribution < -0.4 is 10.9 Å². The number of nitrogens with zero attached hydrogens (tertiary/aromatic N) is 4. The molecule has 1 aliphatic heterocycles. The number of aromatic amines is 1. The normalized spacial score (nSPS) is 19.5. The second-order valence-electron chi connectivity index (χ2n) is 7.10. The van der Waals surface area contributed by atoms with Crippen molar-refractivity contribution < 1.29 is 14.3 Å². The van der Waals surface area contributed by atoms with E-state index < -0.39 is 11.8 Å². The van der Waals surface area contributed by atoms with Crippen molar-refractivity contribution in [3.63, 3.8) is 0 Å². The van der Waals surface area contributed by atoms with Crippen LogP contribution in [0.25, 0.3) is 5.95 Å². The third-order valence-electron chi connectivity index (χ3n) is 4.56. The molecular formula is C18H24N6O4. The molecular weight excluding hydrogens is 364 g/mol. The van der Waals surface area contributed by atoms with Crippen molar-refractivity contribution in [2.75, 3.05) is 18.4 Å². The average molecular weight is 388 g/mol. The maximum atomic E-state index is 12.6. The number of hydrogen-bond donors (Lipinski definition) is 2. The monoisotopic (exact) mass is 388 g/mol. The first-order valence-corrected chi connectivity index (χ1v) is 9.06. The Morgan fingerprint density at radius 2 is 1.86 bits per heavy atom. The van der Waals surface area contributed by atoms with Gasteiger partial charge in [0.25, 0.3) is 5.56 Å². The molecule has 0 bridgehead atoms. The van der Waals surface area contributed by atoms with Gasteiger partial charge >= 0.3 is 11.8 Å². The Balaban J connectivity index is 1.84. The van der Waals surface area contributed by atoms with E-state index >= 15 is 0 Å². The Morgan fingerprint density at radius 1 is 1.21 bits per heavy atom. The van der Waals surface area contributed by atoms with Crippen molar-refractivity contribution in [3.05, 3.63) is 33.4 Å². The second kappa shape index (κ2) is 7.55. The van der Waals surface area contributed by atoms with Gasteiger partial charge in [-0.05, 0) is 34.6 Å². The molecule has 0 unspecified atom stereocenters. The molecule has 0 spiro atoms. The van der Waals surface area contributed by atoms with Crippen molar-refractivity contribution in [2.45, 2.75) is 46.8 Å². The highest BCUT2D eigenvalue weighted by molar-refractivity contribution is 6.39. The van der Waals surface area contributed by atoms with Crippen LogP contribution in [0.5, 0.6) is 0 Å². The standard InChI is InChI=1S/C18H24N6O4/c1-9-6-14(24(22-9)18-19-13(5)12(4)15(25)21-18)20-16(26)17(27)23-7-10(2)28-11(3)8-23/h6,10-11H,7-8H2,1-5H3,(H,20,26)(H,19,21,25)/t10-,11+. The summed E-state index contributed by atoms with van der Waals surface area (Å²) < 4.78 is 6.90. The quantitative estimate of drug-likeness (QED) is 0.721. The fourth-order valence-corrected chi connectivity index (χ4v) is 3.14. The zero-order chi connectivity index (χ0) is 20.6. The molecule has 0 radical (unpaired) electrons. The molecule has 1 fully saturated rings. The van der Waals surface area contributed by atoms with Crippen molar-refractivity contribution in [1.29, 1.82) is 0 Å². The third kappa shape index (κ3) is 3.96. The summed E-state index contributed by atoms with van der Waals surface area (Å²) in [6, 6.07) is 1.60. The lowest BCUT2D eigenvalue weighted by atomic mass is 10.2. The minimum atomic E-state index is -0.784. The molecule has 3 rings (SSSR count). The molecule has 2 amide bonds. The summed E-state index contributed by atoms with van der Waals surface area (Å²) in [4.78, 5) is 45.6. The first-order chi connectivity index (χ1) is 13.2. The van der Waals surface area contributed by atoms with E-state index in [0.29, 0.717) is 30.0 Å². The number of carbonyl (C=O) groups is 2. The molecule has 2 aromatic rings. The molecule has 1 aliphatic rings. The number of anilines is 1. The Kier molecular flexibility index (Phi) is 5.32. The minimum absolute atomic E-state index is 0.141. The van der Waals surface area contributed by atoms with Crippen LogP contribution in [-0.2, 0) is 14.3 Å². The fourth-order valence-electron chi connectivity index (χ4n) is 3.14. The zero-order valence-corrected chi connectivity index (χ0v) is 16.6. The van der Waals surface area contributed by atoms with Crippen LogP contribution in [0, 0.1) is 20.8 Å². The SMILES string of the molecule is Cc1cc(NC(=O)C(=O)N2C[C@@H](C)O[C@@H](C)C2)n(-c2nc(C)c(C)c(=O)[nH]2)n1. The van der Waals surface area contributed by atoms with Gasteiger partial charge in [0.2, 0.25) is 5.95 Å². The lowest BCUT2D eigenvalue weighted by Crippen LogP contribution is -2.51. The maximum absolute atomic E-state index is 12.6. The van der Waals surface area contributed by atoms with Crippen LogP contribution in [0.15, 0.2) is 10.9 Å². The number of H-pyrrole nitrogens is 1. The number of amides is 2. The summed E-state index contributed by atoms with van der Waals surface area (Å²) in [5.41, 5.74) is 1.36. The van der Waals surface area contributed by atoms with Crippen LogP contribution in [0.1, 0.15) is 30.8 Å². The first-order valence-electron chi connectivity index (χ1n) is 9.06. The Bertz CT molecular complexity index is 969. The highest BCUT2D eigenvalue weighted by Crippen LogP contribution is 2.16. The summed E-state index contributed by atoms with van der Waals surface area (Å²) in [5, 5.41) is 6.84. The number of hydrogen-bond acceptors (Lipinski definition) is 6. The Labute approximate surface area is 161 Å². The molecule has 28 heavy (non-hydrogen) atoms. The van der Waals surface area contributed by atoms with Gasteiger partial charge in [-0.3, -0.25) is 19.4 Å². The topological polar surface area (TPSA) is 122 Å². The first kappa shape index (κ1) is 19.7. The van der Waals surface area contributed by atoms with Gasteiger partial charge in [0.1, 0.15) is 5.82 Å². The maximum Gasteiger partial charge on any atom is 0.315 e. The molecule has 2 atom stereocenters. The van der Waals surface area contributed by atoms with Crippen LogP contribution in [0.3, 0.4) is 0 Å². The van der Waals surface area contributed by atoms with E-state index in [1.807, 2.05) is 13.8 Å². The van der Waals surface area contributed by atoms with Gasteiger partial charge in [-0.2, -0.15) is 9.78 Å². The van der Waals surface area contributed by atoms with Crippen molar-refractivity contribution in [3.8, 4) is 5.95 Å². The number of aromatic nitrogens is 4. The largest absolute Gasteiger partial charge is 0.372 e. The lowest BCUT2D eigenvalue weighted by Gasteiger charge is -2.34. The summed E-state index contributed by atoms with van der Waals surface area (Å²) >= 11 is 0. The van der Waals surface area contributed by atoms with Gasteiger partial charge in [-0.15, -0.1) is 0 Å². The van der Waals surface area contributed by atoms with Crippen LogP contribution in [0.4, 0.5) is 5.82 Å². The molecule has 10 heteroatoms. The smallest absolute Gasteiger partial charge is 0.315 e. The number of aryl methyl sites for hydroxylation is 2. The molecule has 150 valence electrons. The predicted molar refractivity (Wildman–Crippen MR) is 101 cm³/mol. The average Bonchev–Trinajstić information content (AvgIpc) is 2.97. The summed E-state index contributed by atoms with van der Waals surface area (Å²) in [5.74, 6) is -1.02. The van der Waals surface area contributed by atoms with Crippen LogP contribution in [-0.4, -0.2) is 61.8 Å². The minimum Gasteiger partial charge on any atom is -0.372 e. The molecule has 10 nitrogen and oxygen atoms in total. The predicted octanol–water partition coefficient (Wildman–Crippen LogP) is 0.455. The van der Waals surface area contributed by atoms with Gasteiger partial charge in [-0.25, -0.2) is 4.98 Å². The van der Waals surface area contributed by atoms with E-state index in [0.717, 1.165) is 0 Å². The number of ether oxygens (including phenoxy) is 1. The van der Waals surface area contributed by atoms with Gasteiger partial charge in [0, 0.05) is 30.4 Å². The Morgan fingerprint density at radius 3 is 2.46 bits per heavy atom. The van der Waals surface area contributed by atoms with Gasteiger partial charge in [0.15, 0.2) is 0 Å². The molecule has 3 heterocycles. The van der Waals surface area contributed by atoms with Gasteiger partial charge in [0.05, 0.1) is 17.9 Å². The Hall–Kier alpha value is -3.01. The summed E-state index contributed by atoms with van der Waals surface area (Å²) in [7, 11) is 0. The lowest BCUT2D eigenvalue weighted by molar-refractivity contribution is -0.151. The molecule has 1 saturated heterocycles. The third-order valence-corrected chi connectivity index (χ3v) is 4.56. The second-order valence-corrected chi connectivity index (χ2v) is 7.10.